The van der Waals surface area contributed by atoms with E-state index in [9.17, 15) is 8.42 Å². The average Bonchev–Trinajstić information content (AvgIpc) is 2.97. The van der Waals surface area contributed by atoms with E-state index in [1.165, 1.54) is 20.2 Å². The number of sulfonamides is 1. The number of rotatable bonds is 4. The van der Waals surface area contributed by atoms with Crippen LogP contribution in [0, 0.1) is 0 Å². The monoisotopic (exact) mass is 393 g/mol. The van der Waals surface area contributed by atoms with Crippen LogP contribution in [0.1, 0.15) is 26.7 Å². The molecule has 0 fully saturated rings. The Bertz CT molecular complexity index is 812. The maximum absolute atomic E-state index is 12.5. The second kappa shape index (κ2) is 8.43. The van der Waals surface area contributed by atoms with E-state index < -0.39 is 10.0 Å². The number of hydrogen-bond donors (Lipinski definition) is 1. The average molecular weight is 394 g/mol. The molecule has 0 radical (unpaired) electrons. The molecule has 0 bridgehead atoms. The van der Waals surface area contributed by atoms with Crippen LogP contribution in [0.5, 0.6) is 0 Å². The molecule has 0 aliphatic rings. The van der Waals surface area contributed by atoms with Crippen molar-refractivity contribution in [2.75, 3.05) is 28.3 Å². The highest BCUT2D eigenvalue weighted by molar-refractivity contribution is 7.89. The number of hydrogen-bond acceptors (Lipinski definition) is 7. The third kappa shape index (κ3) is 4.90. The number of halogens is 1. The summed E-state index contributed by atoms with van der Waals surface area (Å²) in [6.45, 7) is 5.78. The van der Waals surface area contributed by atoms with E-state index in [-0.39, 0.29) is 20.9 Å². The number of oxazole rings is 1. The van der Waals surface area contributed by atoms with Gasteiger partial charge in [-0.15, -0.1) is 0 Å². The smallest absolute Gasteiger partial charge is 0.270 e. The lowest BCUT2D eigenvalue weighted by Crippen LogP contribution is -2.26. The van der Waals surface area contributed by atoms with Gasteiger partial charge in [0, 0.05) is 19.5 Å². The van der Waals surface area contributed by atoms with Crippen molar-refractivity contribution in [1.29, 1.82) is 0 Å². The van der Waals surface area contributed by atoms with Crippen molar-refractivity contribution >= 4 is 32.7 Å². The summed E-state index contributed by atoms with van der Waals surface area (Å²) in [5.41, 5.74) is 2.66. The van der Waals surface area contributed by atoms with Crippen LogP contribution in [0.25, 0.3) is 11.1 Å². The first-order chi connectivity index (χ1) is 11.5. The van der Waals surface area contributed by atoms with E-state index in [4.69, 9.17) is 20.9 Å². The molecule has 1 heterocycles. The molecule has 8 nitrogen and oxygen atoms in total. The van der Waals surface area contributed by atoms with E-state index in [1.807, 2.05) is 20.8 Å². The zero-order valence-corrected chi connectivity index (χ0v) is 16.9. The first kappa shape index (κ1) is 21.8. The molecule has 1 aromatic carbocycles. The van der Waals surface area contributed by atoms with Crippen LogP contribution >= 0.6 is 11.6 Å². The summed E-state index contributed by atoms with van der Waals surface area (Å²) in [4.78, 5) is 13.3. The number of benzene rings is 1. The standard InChI is InChI=1S/C13H17ClN2O4S.C2H7NO/c1-13(2,3)12-15-9-7-6-8(14)11(10(9)20-12)21(17,18)16(4)19-5;1-3-4-2/h6-7H,1-5H3;3H,1-2H3. The Labute approximate surface area is 153 Å². The van der Waals surface area contributed by atoms with Crippen LogP contribution in [0.15, 0.2) is 21.4 Å². The molecule has 0 aliphatic carbocycles. The number of nitrogens with zero attached hydrogens (tertiary/aromatic N) is 2. The van der Waals surface area contributed by atoms with Crippen LogP contribution in [0.4, 0.5) is 0 Å². The molecular weight excluding hydrogens is 370 g/mol. The highest BCUT2D eigenvalue weighted by atomic mass is 35.5. The van der Waals surface area contributed by atoms with E-state index in [2.05, 4.69) is 15.3 Å². The quantitative estimate of drug-likeness (QED) is 0.798. The van der Waals surface area contributed by atoms with Crippen molar-refractivity contribution in [1.82, 2.24) is 14.9 Å². The summed E-state index contributed by atoms with van der Waals surface area (Å²) in [6.07, 6.45) is 0. The normalized spacial score (nSPS) is 12.4. The topological polar surface area (TPSA) is 93.9 Å². The third-order valence-corrected chi connectivity index (χ3v) is 5.34. The lowest BCUT2D eigenvalue weighted by atomic mass is 9.97. The van der Waals surface area contributed by atoms with E-state index >= 15 is 0 Å². The first-order valence-corrected chi connectivity index (χ1v) is 9.14. The maximum atomic E-state index is 12.5. The summed E-state index contributed by atoms with van der Waals surface area (Å²) >= 11 is 6.06. The Balaban J connectivity index is 0.000000705. The molecule has 0 saturated heterocycles. The number of hydroxylamine groups is 2. The van der Waals surface area contributed by atoms with Gasteiger partial charge >= 0.3 is 0 Å². The highest BCUT2D eigenvalue weighted by Crippen LogP contribution is 2.35. The Hall–Kier alpha value is -1.23. The summed E-state index contributed by atoms with van der Waals surface area (Å²) in [6, 6.07) is 3.11. The van der Waals surface area contributed by atoms with Gasteiger partial charge in [-0.25, -0.2) is 18.9 Å². The Morgan fingerprint density at radius 3 is 2.28 bits per heavy atom. The van der Waals surface area contributed by atoms with E-state index in [1.54, 1.807) is 20.2 Å². The van der Waals surface area contributed by atoms with Crippen LogP contribution < -0.4 is 5.48 Å². The Morgan fingerprint density at radius 2 is 1.84 bits per heavy atom. The fourth-order valence-electron chi connectivity index (χ4n) is 1.73. The molecule has 10 heteroatoms. The zero-order chi connectivity index (χ0) is 19.4. The molecule has 2 aromatic rings. The minimum absolute atomic E-state index is 0.0583. The molecule has 0 saturated carbocycles. The van der Waals surface area contributed by atoms with Crippen molar-refractivity contribution < 1.29 is 22.5 Å². The van der Waals surface area contributed by atoms with E-state index in [0.29, 0.717) is 11.4 Å². The van der Waals surface area contributed by atoms with Crippen molar-refractivity contribution in [2.45, 2.75) is 31.1 Å². The zero-order valence-electron chi connectivity index (χ0n) is 15.4. The van der Waals surface area contributed by atoms with Crippen molar-refractivity contribution in [2.24, 2.45) is 0 Å². The molecule has 0 unspecified atom stereocenters. The summed E-state index contributed by atoms with van der Waals surface area (Å²) in [5, 5.41) is 0.0583. The molecule has 0 spiro atoms. The molecule has 1 N–H and O–H groups in total. The SMILES string of the molecule is CNOC.CON(C)S(=O)(=O)c1c(Cl)ccc2nc(C(C)(C)C)oc12. The summed E-state index contributed by atoms with van der Waals surface area (Å²) in [7, 11) is 1.88. The summed E-state index contributed by atoms with van der Waals surface area (Å²) < 4.78 is 31.4. The third-order valence-electron chi connectivity index (χ3n) is 3.16. The fourth-order valence-corrected chi connectivity index (χ4v) is 3.32. The van der Waals surface area contributed by atoms with Gasteiger partial charge in [0.1, 0.15) is 10.4 Å². The largest absolute Gasteiger partial charge is 0.439 e. The van der Waals surface area contributed by atoms with Crippen molar-refractivity contribution in [3.63, 3.8) is 0 Å². The minimum atomic E-state index is -3.93. The number of nitrogens with one attached hydrogen (secondary N) is 1. The second-order valence-electron chi connectivity index (χ2n) is 6.00. The molecule has 25 heavy (non-hydrogen) atoms. The molecule has 0 atom stereocenters. The van der Waals surface area contributed by atoms with Crippen molar-refractivity contribution in [3.8, 4) is 0 Å². The predicted molar refractivity (Wildman–Crippen MR) is 95.7 cm³/mol. The van der Waals surface area contributed by atoms with Crippen LogP contribution in [-0.2, 0) is 25.1 Å². The highest BCUT2D eigenvalue weighted by Gasteiger charge is 2.31. The Morgan fingerprint density at radius 1 is 1.28 bits per heavy atom. The molecular formula is C15H24ClN3O5S. The first-order valence-electron chi connectivity index (χ1n) is 7.33. The predicted octanol–water partition coefficient (Wildman–Crippen LogP) is 2.73. The van der Waals surface area contributed by atoms with Gasteiger partial charge in [-0.2, -0.15) is 0 Å². The fraction of sp³-hybridized carbons (Fsp3) is 0.533. The van der Waals surface area contributed by atoms with Gasteiger partial charge < -0.3 is 9.25 Å². The molecule has 0 aliphatic heterocycles. The van der Waals surface area contributed by atoms with Crippen LogP contribution in [0.3, 0.4) is 0 Å². The van der Waals surface area contributed by atoms with Crippen molar-refractivity contribution in [3.05, 3.63) is 23.0 Å². The van der Waals surface area contributed by atoms with Gasteiger partial charge in [0.2, 0.25) is 5.89 Å². The van der Waals surface area contributed by atoms with Gasteiger partial charge in [-0.1, -0.05) is 36.8 Å². The number of aromatic nitrogens is 1. The van der Waals surface area contributed by atoms with Gasteiger partial charge in [0.25, 0.3) is 10.0 Å². The maximum Gasteiger partial charge on any atom is 0.270 e. The number of fused-ring (bicyclic) bond motifs is 1. The molecule has 142 valence electrons. The van der Waals surface area contributed by atoms with Gasteiger partial charge in [-0.05, 0) is 12.1 Å². The van der Waals surface area contributed by atoms with Crippen LogP contribution in [0.2, 0.25) is 5.02 Å². The second-order valence-corrected chi connectivity index (χ2v) is 8.28. The van der Waals surface area contributed by atoms with Gasteiger partial charge in [0.15, 0.2) is 5.58 Å². The van der Waals surface area contributed by atoms with Crippen LogP contribution in [-0.4, -0.2) is 46.2 Å². The van der Waals surface area contributed by atoms with Gasteiger partial charge in [0.05, 0.1) is 19.2 Å². The lowest BCUT2D eigenvalue weighted by molar-refractivity contribution is -0.0258. The van der Waals surface area contributed by atoms with Gasteiger partial charge in [-0.3, -0.25) is 4.84 Å². The minimum Gasteiger partial charge on any atom is -0.439 e. The molecule has 1 aromatic heterocycles. The molecule has 2 rings (SSSR count). The Kier molecular flexibility index (Phi) is 7.36. The lowest BCUT2D eigenvalue weighted by Gasteiger charge is -2.15. The van der Waals surface area contributed by atoms with E-state index in [0.717, 1.165) is 4.47 Å². The molecule has 0 amide bonds. The summed E-state index contributed by atoms with van der Waals surface area (Å²) in [5.74, 6) is 0.441.